The first-order valence-corrected chi connectivity index (χ1v) is 11.6. The predicted octanol–water partition coefficient (Wildman–Crippen LogP) is 1.68. The van der Waals surface area contributed by atoms with Gasteiger partial charge in [0.05, 0.1) is 0 Å². The molecule has 1 aromatic rings. The van der Waals surface area contributed by atoms with Crippen LogP contribution in [-0.4, -0.2) is 75.6 Å². The first-order chi connectivity index (χ1) is 16.0. The molecule has 2 rings (SSSR count). The minimum absolute atomic E-state index is 0.0992. The Labute approximate surface area is 206 Å². The van der Waals surface area contributed by atoms with E-state index in [4.69, 9.17) is 18.9 Å². The van der Waals surface area contributed by atoms with Crippen molar-refractivity contribution in [3.63, 3.8) is 0 Å². The van der Waals surface area contributed by atoms with E-state index >= 15 is 0 Å². The molecule has 34 heavy (non-hydrogen) atoms. The van der Waals surface area contributed by atoms with Crippen LogP contribution in [0.3, 0.4) is 0 Å². The number of nitrogens with one attached hydrogen (secondary N) is 1. The number of hydrogen-bond donors (Lipinski definition) is 1. The molecule has 1 aliphatic carbocycles. The zero-order valence-electron chi connectivity index (χ0n) is 19.7. The topological polar surface area (TPSA) is 130 Å². The van der Waals surface area contributed by atoms with Crippen LogP contribution < -0.4 is 5.32 Å². The molecule has 0 amide bonds. The Balaban J connectivity index is 2.43. The summed E-state index contributed by atoms with van der Waals surface area (Å²) in [6.45, 7) is 6.76. The third kappa shape index (κ3) is 8.46. The van der Waals surface area contributed by atoms with Crippen LogP contribution in [0.25, 0.3) is 0 Å². The molecular weight excluding hydrogens is 511 g/mol. The predicted molar refractivity (Wildman–Crippen MR) is 123 cm³/mol. The number of hydrogen-bond acceptors (Lipinski definition) is 9. The molecule has 0 heterocycles. The van der Waals surface area contributed by atoms with Gasteiger partial charge in [-0.25, -0.2) is 0 Å². The van der Waals surface area contributed by atoms with Crippen LogP contribution in [0.2, 0.25) is 0 Å². The molecule has 1 fully saturated rings. The molecule has 1 aliphatic rings. The van der Waals surface area contributed by atoms with Gasteiger partial charge in [0.1, 0.15) is 0 Å². The van der Waals surface area contributed by atoms with Gasteiger partial charge in [0.15, 0.2) is 0 Å². The van der Waals surface area contributed by atoms with Gasteiger partial charge in [0.2, 0.25) is 0 Å². The van der Waals surface area contributed by atoms with Gasteiger partial charge < -0.3 is 0 Å². The van der Waals surface area contributed by atoms with E-state index in [9.17, 15) is 19.2 Å². The molecule has 0 unspecified atom stereocenters. The fourth-order valence-corrected chi connectivity index (χ4v) is 4.26. The third-order valence-electron chi connectivity index (χ3n) is 5.03. The molecule has 10 nitrogen and oxygen atoms in total. The zero-order valence-corrected chi connectivity index (χ0v) is 21.4. The number of benzene rings is 1. The van der Waals surface area contributed by atoms with E-state index in [1.54, 1.807) is 0 Å². The molecule has 185 valence electrons. The summed E-state index contributed by atoms with van der Waals surface area (Å²) < 4.78 is 22.0. The summed E-state index contributed by atoms with van der Waals surface area (Å²) >= 11 is 2.85. The van der Waals surface area contributed by atoms with E-state index in [1.165, 1.54) is 27.7 Å². The first kappa shape index (κ1) is 27.3. The van der Waals surface area contributed by atoms with Crippen LogP contribution in [0.5, 0.6) is 0 Å². The van der Waals surface area contributed by atoms with Gasteiger partial charge in [-0.2, -0.15) is 0 Å². The average Bonchev–Trinajstić information content (AvgIpc) is 2.71. The number of anilines is 1. The molecular formula is C23H29N2O8Se. The van der Waals surface area contributed by atoms with Crippen LogP contribution in [-0.2, 0) is 38.1 Å². The molecule has 0 aromatic heterocycles. The monoisotopic (exact) mass is 541 g/mol. The maximum absolute atomic E-state index is 11.9. The van der Waals surface area contributed by atoms with Crippen molar-refractivity contribution in [2.45, 2.75) is 65.4 Å². The SMILES string of the molecule is CC(=O)OC[C@H]1C[C@@H](N=C([Se])Nc2ccc(C)cc2)[C@H](OC(C)=O)[C@@H](OC(C)=O)[C@@H]1OC(C)=O. The van der Waals surface area contributed by atoms with Crippen LogP contribution in [0, 0.1) is 12.8 Å². The maximum atomic E-state index is 11.9. The van der Waals surface area contributed by atoms with Crippen molar-refractivity contribution in [3.05, 3.63) is 29.8 Å². The molecule has 11 heteroatoms. The molecule has 1 N–H and O–H groups in total. The number of carbonyl (C=O) groups is 4. The molecule has 1 aromatic carbocycles. The number of aliphatic imine (C=N–C) groups is 1. The van der Waals surface area contributed by atoms with E-state index in [0.717, 1.165) is 11.3 Å². The molecule has 1 saturated carbocycles. The summed E-state index contributed by atoms with van der Waals surface area (Å²) in [5, 5.41) is 3.13. The normalized spacial score (nSPS) is 24.5. The van der Waals surface area contributed by atoms with Crippen molar-refractivity contribution in [2.24, 2.45) is 10.9 Å². The van der Waals surface area contributed by atoms with Gasteiger partial charge in [0, 0.05) is 0 Å². The van der Waals surface area contributed by atoms with E-state index in [2.05, 4.69) is 26.3 Å². The Morgan fingerprint density at radius 1 is 0.882 bits per heavy atom. The van der Waals surface area contributed by atoms with Crippen molar-refractivity contribution in [3.8, 4) is 0 Å². The van der Waals surface area contributed by atoms with Gasteiger partial charge in [-0.1, -0.05) is 0 Å². The van der Waals surface area contributed by atoms with Gasteiger partial charge >= 0.3 is 206 Å². The summed E-state index contributed by atoms with van der Waals surface area (Å²) in [6.07, 6.45) is -2.98. The summed E-state index contributed by atoms with van der Waals surface area (Å²) in [5.41, 5.74) is 1.88. The number of rotatable bonds is 7. The Morgan fingerprint density at radius 3 is 1.94 bits per heavy atom. The molecule has 5 atom stereocenters. The third-order valence-corrected chi connectivity index (χ3v) is 5.46. The summed E-state index contributed by atoms with van der Waals surface area (Å²) in [6, 6.07) is 6.94. The fraction of sp³-hybridized carbons (Fsp3) is 0.522. The summed E-state index contributed by atoms with van der Waals surface area (Å²) in [7, 11) is 0. The Morgan fingerprint density at radius 2 is 1.41 bits per heavy atom. The summed E-state index contributed by atoms with van der Waals surface area (Å²) in [4.78, 5) is 51.7. The second-order valence-electron chi connectivity index (χ2n) is 8.01. The van der Waals surface area contributed by atoms with Crippen molar-refractivity contribution < 1.29 is 38.1 Å². The van der Waals surface area contributed by atoms with E-state index in [-0.39, 0.29) is 13.0 Å². The number of carbonyl (C=O) groups excluding carboxylic acids is 4. The van der Waals surface area contributed by atoms with Crippen molar-refractivity contribution >= 4 is 50.3 Å². The van der Waals surface area contributed by atoms with E-state index < -0.39 is 54.1 Å². The van der Waals surface area contributed by atoms with Crippen LogP contribution in [0.4, 0.5) is 5.69 Å². The Hall–Kier alpha value is -2.91. The van der Waals surface area contributed by atoms with Crippen molar-refractivity contribution in [2.75, 3.05) is 11.9 Å². The number of esters is 4. The van der Waals surface area contributed by atoms with Gasteiger partial charge in [0.25, 0.3) is 0 Å². The molecule has 0 bridgehead atoms. The average molecular weight is 540 g/mol. The standard InChI is InChI=1S/C23H29N2O8Se/c1-12-6-8-18(9-7-12)24-23(34)25-19-10-17(11-30-13(2)26)20(31-14(3)27)22(33-16(5)29)21(19)32-15(4)28/h6-9,17,19-22H,10-11H2,1-5H3,(H,24,25)/t17-,19-,20-,21+,22+/m1/s1. The Kier molecular flexibility index (Phi) is 10.1. The molecule has 1 radical (unpaired) electrons. The Bertz CT molecular complexity index is 933. The minimum atomic E-state index is -1.15. The zero-order chi connectivity index (χ0) is 25.4. The van der Waals surface area contributed by atoms with Crippen molar-refractivity contribution in [1.29, 1.82) is 0 Å². The quantitative estimate of drug-likeness (QED) is 0.181. The number of amidine groups is 1. The molecule has 0 aliphatic heterocycles. The number of nitrogens with zero attached hydrogens (tertiary/aromatic N) is 1. The van der Waals surface area contributed by atoms with Crippen LogP contribution in [0.1, 0.15) is 39.7 Å². The number of aryl methyl sites for hydroxylation is 1. The second-order valence-corrected chi connectivity index (χ2v) is 8.82. The van der Waals surface area contributed by atoms with Crippen LogP contribution >= 0.6 is 0 Å². The number of ether oxygens (including phenoxy) is 4. The van der Waals surface area contributed by atoms with Crippen molar-refractivity contribution in [1.82, 2.24) is 0 Å². The molecule has 0 spiro atoms. The first-order valence-electron chi connectivity index (χ1n) is 10.7. The molecule has 0 saturated heterocycles. The van der Waals surface area contributed by atoms with Crippen LogP contribution in [0.15, 0.2) is 29.3 Å². The summed E-state index contributed by atoms with van der Waals surface area (Å²) in [5.74, 6) is -2.97. The fourth-order valence-electron chi connectivity index (χ4n) is 3.73. The van der Waals surface area contributed by atoms with Gasteiger partial charge in [-0.3, -0.25) is 0 Å². The van der Waals surface area contributed by atoms with Gasteiger partial charge in [-0.05, 0) is 0 Å². The second kappa shape index (κ2) is 12.5. The van der Waals surface area contributed by atoms with E-state index in [1.807, 2.05) is 31.2 Å². The van der Waals surface area contributed by atoms with E-state index in [0.29, 0.717) is 4.73 Å². The van der Waals surface area contributed by atoms with Gasteiger partial charge in [-0.15, -0.1) is 0 Å².